The Hall–Kier alpha value is -2.37. The van der Waals surface area contributed by atoms with Crippen molar-refractivity contribution in [2.75, 3.05) is 18.0 Å². The molecule has 3 rings (SSSR count). The first-order chi connectivity index (χ1) is 11.6. The lowest BCUT2D eigenvalue weighted by Gasteiger charge is -2.29. The summed E-state index contributed by atoms with van der Waals surface area (Å²) in [5, 5.41) is 6.89. The molecular formula is C18H24N4O2. The molecule has 0 aliphatic carbocycles. The number of rotatable bonds is 5. The molecule has 0 saturated carbocycles. The van der Waals surface area contributed by atoms with Crippen molar-refractivity contribution in [2.45, 2.75) is 46.1 Å². The molecule has 1 fully saturated rings. The van der Waals surface area contributed by atoms with E-state index in [1.54, 1.807) is 0 Å². The van der Waals surface area contributed by atoms with Crippen molar-refractivity contribution in [1.82, 2.24) is 15.5 Å². The van der Waals surface area contributed by atoms with Crippen LogP contribution in [0.1, 0.15) is 41.8 Å². The highest BCUT2D eigenvalue weighted by Gasteiger charge is 2.17. The number of anilines is 1. The molecule has 24 heavy (non-hydrogen) atoms. The Balaban J connectivity index is 1.63. The molecule has 0 spiro atoms. The lowest BCUT2D eigenvalue weighted by atomic mass is 10.1. The Morgan fingerprint density at radius 1 is 1.29 bits per heavy atom. The van der Waals surface area contributed by atoms with Gasteiger partial charge < -0.3 is 14.7 Å². The average molecular weight is 328 g/mol. The monoisotopic (exact) mass is 328 g/mol. The standard InChI is InChI=1S/C18H24N4O2/c1-13-16(14(2)24-21-13)11-17(23)20-12-15-7-6-8-19-18(15)22-9-4-3-5-10-22/h6-8H,3-5,9-12H2,1-2H3,(H,20,23). The van der Waals surface area contributed by atoms with Crippen LogP contribution in [0.5, 0.6) is 0 Å². The largest absolute Gasteiger partial charge is 0.361 e. The summed E-state index contributed by atoms with van der Waals surface area (Å²) in [6, 6.07) is 3.95. The van der Waals surface area contributed by atoms with Crippen molar-refractivity contribution >= 4 is 11.7 Å². The van der Waals surface area contributed by atoms with Crippen LogP contribution in [0.25, 0.3) is 0 Å². The normalized spacial score (nSPS) is 14.7. The van der Waals surface area contributed by atoms with E-state index in [1.165, 1.54) is 19.3 Å². The van der Waals surface area contributed by atoms with Crippen LogP contribution >= 0.6 is 0 Å². The molecule has 1 saturated heterocycles. The number of nitrogens with one attached hydrogen (secondary N) is 1. The van der Waals surface area contributed by atoms with Crippen LogP contribution in [0.4, 0.5) is 5.82 Å². The van der Waals surface area contributed by atoms with Crippen LogP contribution in [0.2, 0.25) is 0 Å². The SMILES string of the molecule is Cc1noc(C)c1CC(=O)NCc1cccnc1N1CCCCC1. The van der Waals surface area contributed by atoms with E-state index >= 15 is 0 Å². The second kappa shape index (κ2) is 7.47. The second-order valence-corrected chi connectivity index (χ2v) is 6.29. The summed E-state index contributed by atoms with van der Waals surface area (Å²) in [5.41, 5.74) is 2.71. The van der Waals surface area contributed by atoms with Gasteiger partial charge in [-0.3, -0.25) is 4.79 Å². The molecule has 0 aromatic carbocycles. The highest BCUT2D eigenvalue weighted by Crippen LogP contribution is 2.21. The Morgan fingerprint density at radius 3 is 2.79 bits per heavy atom. The molecule has 1 aliphatic heterocycles. The minimum atomic E-state index is -0.0298. The van der Waals surface area contributed by atoms with Crippen molar-refractivity contribution in [3.8, 4) is 0 Å². The minimum Gasteiger partial charge on any atom is -0.361 e. The number of aromatic nitrogens is 2. The number of hydrogen-bond donors (Lipinski definition) is 1. The van der Waals surface area contributed by atoms with E-state index < -0.39 is 0 Å². The van der Waals surface area contributed by atoms with Crippen molar-refractivity contribution in [1.29, 1.82) is 0 Å². The van der Waals surface area contributed by atoms with Gasteiger partial charge in [0.25, 0.3) is 0 Å². The van der Waals surface area contributed by atoms with Crippen LogP contribution < -0.4 is 10.2 Å². The van der Waals surface area contributed by atoms with Gasteiger partial charge in [0, 0.05) is 37.0 Å². The first-order valence-corrected chi connectivity index (χ1v) is 8.52. The number of nitrogens with zero attached hydrogens (tertiary/aromatic N) is 3. The molecule has 1 aliphatic rings. The number of piperidine rings is 1. The molecular weight excluding hydrogens is 304 g/mol. The summed E-state index contributed by atoms with van der Waals surface area (Å²) in [4.78, 5) is 19.1. The number of pyridine rings is 1. The van der Waals surface area contributed by atoms with Gasteiger partial charge in [-0.05, 0) is 39.2 Å². The molecule has 128 valence electrons. The average Bonchev–Trinajstić information content (AvgIpc) is 2.93. The smallest absolute Gasteiger partial charge is 0.224 e. The number of hydrogen-bond acceptors (Lipinski definition) is 5. The fourth-order valence-corrected chi connectivity index (χ4v) is 3.13. The van der Waals surface area contributed by atoms with E-state index in [-0.39, 0.29) is 5.91 Å². The fraction of sp³-hybridized carbons (Fsp3) is 0.500. The van der Waals surface area contributed by atoms with Gasteiger partial charge in [0.05, 0.1) is 12.1 Å². The van der Waals surface area contributed by atoms with Gasteiger partial charge in [0.1, 0.15) is 11.6 Å². The molecule has 0 radical (unpaired) electrons. The van der Waals surface area contributed by atoms with E-state index in [9.17, 15) is 4.79 Å². The van der Waals surface area contributed by atoms with Gasteiger partial charge >= 0.3 is 0 Å². The topological polar surface area (TPSA) is 71.3 Å². The van der Waals surface area contributed by atoms with Gasteiger partial charge in [-0.25, -0.2) is 4.98 Å². The third-order valence-corrected chi connectivity index (χ3v) is 4.52. The van der Waals surface area contributed by atoms with Gasteiger partial charge in [-0.2, -0.15) is 0 Å². The predicted molar refractivity (Wildman–Crippen MR) is 91.8 cm³/mol. The van der Waals surface area contributed by atoms with Crippen LogP contribution in [0.15, 0.2) is 22.9 Å². The predicted octanol–water partition coefficient (Wildman–Crippen LogP) is 2.54. The first-order valence-electron chi connectivity index (χ1n) is 8.52. The Bertz CT molecular complexity index is 685. The Labute approximate surface area is 142 Å². The molecule has 3 heterocycles. The Morgan fingerprint density at radius 2 is 2.08 bits per heavy atom. The van der Waals surface area contributed by atoms with Crippen LogP contribution in [0, 0.1) is 13.8 Å². The molecule has 0 bridgehead atoms. The zero-order valence-corrected chi connectivity index (χ0v) is 14.3. The number of aryl methyl sites for hydroxylation is 2. The molecule has 2 aromatic rings. The summed E-state index contributed by atoms with van der Waals surface area (Å²) in [6.07, 6.45) is 5.80. The summed E-state index contributed by atoms with van der Waals surface area (Å²) in [7, 11) is 0. The maximum Gasteiger partial charge on any atom is 0.224 e. The van der Waals surface area contributed by atoms with Crippen molar-refractivity contribution in [2.24, 2.45) is 0 Å². The van der Waals surface area contributed by atoms with Crippen LogP contribution in [-0.4, -0.2) is 29.1 Å². The van der Waals surface area contributed by atoms with E-state index in [2.05, 4.69) is 20.4 Å². The van der Waals surface area contributed by atoms with Gasteiger partial charge in [0.2, 0.25) is 5.91 Å². The highest BCUT2D eigenvalue weighted by molar-refractivity contribution is 5.79. The zero-order chi connectivity index (χ0) is 16.9. The van der Waals surface area contributed by atoms with E-state index in [0.717, 1.165) is 35.7 Å². The molecule has 6 heteroatoms. The van der Waals surface area contributed by atoms with E-state index in [1.807, 2.05) is 32.2 Å². The van der Waals surface area contributed by atoms with Crippen molar-refractivity contribution in [3.63, 3.8) is 0 Å². The molecule has 6 nitrogen and oxygen atoms in total. The third-order valence-electron chi connectivity index (χ3n) is 4.52. The second-order valence-electron chi connectivity index (χ2n) is 6.29. The van der Waals surface area contributed by atoms with Gasteiger partial charge in [-0.1, -0.05) is 11.2 Å². The summed E-state index contributed by atoms with van der Waals surface area (Å²) in [5.74, 6) is 1.67. The summed E-state index contributed by atoms with van der Waals surface area (Å²) in [6.45, 7) is 6.25. The van der Waals surface area contributed by atoms with Crippen molar-refractivity contribution < 1.29 is 9.32 Å². The molecule has 1 N–H and O–H groups in total. The molecule has 2 aromatic heterocycles. The lowest BCUT2D eigenvalue weighted by Crippen LogP contribution is -2.32. The van der Waals surface area contributed by atoms with E-state index in [4.69, 9.17) is 4.52 Å². The molecule has 0 atom stereocenters. The number of amides is 1. The minimum absolute atomic E-state index is 0.0298. The van der Waals surface area contributed by atoms with Gasteiger partial charge in [-0.15, -0.1) is 0 Å². The molecule has 1 amide bonds. The van der Waals surface area contributed by atoms with E-state index in [0.29, 0.717) is 18.7 Å². The van der Waals surface area contributed by atoms with Crippen LogP contribution in [-0.2, 0) is 17.8 Å². The quantitative estimate of drug-likeness (QED) is 0.913. The van der Waals surface area contributed by atoms with Crippen molar-refractivity contribution in [3.05, 3.63) is 40.9 Å². The third kappa shape index (κ3) is 3.75. The van der Waals surface area contributed by atoms with Gasteiger partial charge in [0.15, 0.2) is 0 Å². The molecule has 0 unspecified atom stereocenters. The zero-order valence-electron chi connectivity index (χ0n) is 14.3. The fourth-order valence-electron chi connectivity index (χ4n) is 3.13. The van der Waals surface area contributed by atoms with Crippen LogP contribution in [0.3, 0.4) is 0 Å². The summed E-state index contributed by atoms with van der Waals surface area (Å²) >= 11 is 0. The summed E-state index contributed by atoms with van der Waals surface area (Å²) < 4.78 is 5.11. The first kappa shape index (κ1) is 16.5. The number of carbonyl (C=O) groups is 1. The Kier molecular flexibility index (Phi) is 5.13. The lowest BCUT2D eigenvalue weighted by molar-refractivity contribution is -0.120. The number of carbonyl (C=O) groups excluding carboxylic acids is 1. The maximum absolute atomic E-state index is 12.3. The maximum atomic E-state index is 12.3. The highest BCUT2D eigenvalue weighted by atomic mass is 16.5.